The van der Waals surface area contributed by atoms with Gasteiger partial charge in [0.25, 0.3) is 0 Å². The van der Waals surface area contributed by atoms with E-state index in [1.165, 1.54) is 12.1 Å². The van der Waals surface area contributed by atoms with Crippen LogP contribution in [-0.4, -0.2) is 17.2 Å². The summed E-state index contributed by atoms with van der Waals surface area (Å²) >= 11 is 0. The molecule has 0 aliphatic rings. The lowest BCUT2D eigenvalue weighted by atomic mass is 10.0. The Kier molecular flexibility index (Phi) is 10.4. The molecule has 0 heterocycles. The van der Waals surface area contributed by atoms with Gasteiger partial charge in [-0.1, -0.05) is 59.6 Å². The van der Waals surface area contributed by atoms with E-state index >= 15 is 0 Å². The Bertz CT molecular complexity index is 461. The zero-order valence-corrected chi connectivity index (χ0v) is 14.4. The number of nitrogens with zero attached hydrogens (tertiary/aromatic N) is 1. The van der Waals surface area contributed by atoms with Gasteiger partial charge in [0, 0.05) is 17.6 Å². The predicted octanol–water partition coefficient (Wildman–Crippen LogP) is 4.31. The number of hydrogen-bond acceptors (Lipinski definition) is 3. The molecule has 0 saturated carbocycles. The van der Waals surface area contributed by atoms with Gasteiger partial charge in [0.1, 0.15) is 11.9 Å². The Labute approximate surface area is 134 Å². The normalized spacial score (nSPS) is 11.8. The summed E-state index contributed by atoms with van der Waals surface area (Å²) in [5.41, 5.74) is 0.213. The minimum absolute atomic E-state index is 0.0111. The van der Waals surface area contributed by atoms with Gasteiger partial charge >= 0.3 is 0 Å². The summed E-state index contributed by atoms with van der Waals surface area (Å²) in [6, 6.07) is 7.53. The molecule has 1 rings (SSSR count). The van der Waals surface area contributed by atoms with Crippen molar-refractivity contribution in [3.05, 3.63) is 35.1 Å². The number of rotatable bonds is 6. The van der Waals surface area contributed by atoms with Gasteiger partial charge < -0.3 is 10.4 Å². The molecule has 0 spiro atoms. The summed E-state index contributed by atoms with van der Waals surface area (Å²) in [4.78, 5) is 0. The lowest BCUT2D eigenvalue weighted by Gasteiger charge is -2.11. The lowest BCUT2D eigenvalue weighted by molar-refractivity contribution is 0.159. The summed E-state index contributed by atoms with van der Waals surface area (Å²) in [5.74, 6) is -0.594. The molecule has 0 aliphatic heterocycles. The third kappa shape index (κ3) is 8.11. The Morgan fingerprint density at radius 3 is 2.23 bits per heavy atom. The third-order valence-electron chi connectivity index (χ3n) is 3.01. The number of unbranched alkanes of at least 4 members (excludes halogenated alkanes) is 1. The number of nitriles is 1. The van der Waals surface area contributed by atoms with Gasteiger partial charge in [-0.05, 0) is 12.5 Å². The highest BCUT2D eigenvalue weighted by Crippen LogP contribution is 2.23. The quantitative estimate of drug-likeness (QED) is 0.823. The molecule has 124 valence electrons. The molecule has 3 nitrogen and oxygen atoms in total. The van der Waals surface area contributed by atoms with Crippen molar-refractivity contribution >= 4 is 0 Å². The fourth-order valence-corrected chi connectivity index (χ4v) is 2.11. The molecule has 0 aliphatic carbocycles. The van der Waals surface area contributed by atoms with E-state index in [2.05, 4.69) is 33.0 Å². The average Bonchev–Trinajstić information content (AvgIpc) is 2.44. The van der Waals surface area contributed by atoms with Gasteiger partial charge in [-0.2, -0.15) is 5.26 Å². The number of hydrogen-bond donors (Lipinski definition) is 2. The maximum atomic E-state index is 13.6. The van der Waals surface area contributed by atoms with Crippen molar-refractivity contribution in [2.24, 2.45) is 0 Å². The van der Waals surface area contributed by atoms with E-state index in [1.807, 2.05) is 6.92 Å². The molecule has 0 saturated heterocycles. The van der Waals surface area contributed by atoms with Crippen LogP contribution in [0.4, 0.5) is 4.39 Å². The zero-order valence-electron chi connectivity index (χ0n) is 14.4. The average molecular weight is 308 g/mol. The topological polar surface area (TPSA) is 56.0 Å². The smallest absolute Gasteiger partial charge is 0.146 e. The molecule has 4 heteroatoms. The highest BCUT2D eigenvalue weighted by Gasteiger charge is 2.14. The number of aliphatic hydroxyl groups excluding tert-OH is 1. The second-order valence-electron chi connectivity index (χ2n) is 5.95. The van der Waals surface area contributed by atoms with Crippen molar-refractivity contribution in [2.75, 3.05) is 0 Å². The minimum atomic E-state index is -0.807. The van der Waals surface area contributed by atoms with Crippen LogP contribution in [0.3, 0.4) is 0 Å². The predicted molar refractivity (Wildman–Crippen MR) is 89.0 cm³/mol. The Morgan fingerprint density at radius 1 is 1.23 bits per heavy atom. The molecule has 2 N–H and O–H groups in total. The first-order valence-electron chi connectivity index (χ1n) is 7.96. The highest BCUT2D eigenvalue weighted by molar-refractivity contribution is 5.35. The Hall–Kier alpha value is -1.44. The van der Waals surface area contributed by atoms with Crippen LogP contribution in [-0.2, 0) is 0 Å². The third-order valence-corrected chi connectivity index (χ3v) is 3.01. The van der Waals surface area contributed by atoms with E-state index < -0.39 is 11.9 Å². The largest absolute Gasteiger partial charge is 0.388 e. The number of nitrogens with one attached hydrogen (secondary N) is 1. The van der Waals surface area contributed by atoms with E-state index in [0.29, 0.717) is 18.5 Å². The van der Waals surface area contributed by atoms with Crippen molar-refractivity contribution in [3.63, 3.8) is 0 Å². The first-order valence-corrected chi connectivity index (χ1v) is 7.96. The van der Waals surface area contributed by atoms with Crippen LogP contribution in [0.25, 0.3) is 0 Å². The van der Waals surface area contributed by atoms with Crippen molar-refractivity contribution in [1.29, 1.82) is 5.26 Å². The van der Waals surface area contributed by atoms with Crippen LogP contribution in [0.15, 0.2) is 18.2 Å². The molecular weight excluding hydrogens is 279 g/mol. The molecule has 0 radical (unpaired) electrons. The summed E-state index contributed by atoms with van der Waals surface area (Å²) in [6.45, 7) is 10.6. The van der Waals surface area contributed by atoms with Crippen molar-refractivity contribution in [2.45, 2.75) is 72.1 Å². The number of benzene rings is 1. The second-order valence-corrected chi connectivity index (χ2v) is 5.95. The molecular formula is C18H29FN2O. The molecule has 0 amide bonds. The Morgan fingerprint density at radius 2 is 1.82 bits per heavy atom. The maximum absolute atomic E-state index is 13.6. The molecule has 0 aromatic heterocycles. The van der Waals surface area contributed by atoms with Crippen LogP contribution in [0.2, 0.25) is 0 Å². The SMILES string of the molecule is CC(C)NC(C)C.CCCCC(O)c1cccc(C#N)c1F. The number of aliphatic hydroxyl groups is 1. The first kappa shape index (κ1) is 20.6. The fraction of sp³-hybridized carbons (Fsp3) is 0.611. The monoisotopic (exact) mass is 308 g/mol. The molecule has 1 aromatic rings. The maximum Gasteiger partial charge on any atom is 0.146 e. The minimum Gasteiger partial charge on any atom is -0.388 e. The lowest BCUT2D eigenvalue weighted by Crippen LogP contribution is -2.29. The standard InChI is InChI=1S/C12H14FNO.C6H15N/c1-2-3-7-11(15)10-6-4-5-9(8-14)12(10)13;1-5(2)7-6(3)4/h4-6,11,15H,2-3,7H2,1H3;5-7H,1-4H3. The van der Waals surface area contributed by atoms with Crippen LogP contribution in [0.5, 0.6) is 0 Å². The van der Waals surface area contributed by atoms with Gasteiger partial charge in [-0.25, -0.2) is 4.39 Å². The van der Waals surface area contributed by atoms with E-state index in [0.717, 1.165) is 12.8 Å². The summed E-state index contributed by atoms with van der Waals surface area (Å²) in [6.07, 6.45) is 1.52. The zero-order chi connectivity index (χ0) is 17.1. The van der Waals surface area contributed by atoms with Crippen molar-refractivity contribution in [1.82, 2.24) is 5.32 Å². The summed E-state index contributed by atoms with van der Waals surface area (Å²) in [5, 5.41) is 21.6. The van der Waals surface area contributed by atoms with Gasteiger partial charge in [-0.3, -0.25) is 0 Å². The van der Waals surface area contributed by atoms with Crippen LogP contribution in [0.1, 0.15) is 71.1 Å². The van der Waals surface area contributed by atoms with Gasteiger partial charge in [0.15, 0.2) is 0 Å². The van der Waals surface area contributed by atoms with E-state index in [1.54, 1.807) is 12.1 Å². The summed E-state index contributed by atoms with van der Waals surface area (Å²) < 4.78 is 13.6. The van der Waals surface area contributed by atoms with E-state index in [4.69, 9.17) is 5.26 Å². The number of halogens is 1. The summed E-state index contributed by atoms with van der Waals surface area (Å²) in [7, 11) is 0. The molecule has 22 heavy (non-hydrogen) atoms. The first-order chi connectivity index (χ1) is 10.3. The second kappa shape index (κ2) is 11.2. The van der Waals surface area contributed by atoms with Crippen LogP contribution >= 0.6 is 0 Å². The molecule has 0 bridgehead atoms. The van der Waals surface area contributed by atoms with Crippen LogP contribution < -0.4 is 5.32 Å². The van der Waals surface area contributed by atoms with Crippen LogP contribution in [0, 0.1) is 17.1 Å². The van der Waals surface area contributed by atoms with Gasteiger partial charge in [0.05, 0.1) is 11.7 Å². The molecule has 1 aromatic carbocycles. The van der Waals surface area contributed by atoms with Crippen molar-refractivity contribution in [3.8, 4) is 6.07 Å². The molecule has 1 unspecified atom stereocenters. The Balaban J connectivity index is 0.000000534. The van der Waals surface area contributed by atoms with E-state index in [9.17, 15) is 9.50 Å². The molecule has 0 fully saturated rings. The van der Waals surface area contributed by atoms with Gasteiger partial charge in [-0.15, -0.1) is 0 Å². The fourth-order valence-electron chi connectivity index (χ4n) is 2.11. The van der Waals surface area contributed by atoms with Gasteiger partial charge in [0.2, 0.25) is 0 Å². The van der Waals surface area contributed by atoms with E-state index in [-0.39, 0.29) is 11.1 Å². The van der Waals surface area contributed by atoms with Crippen molar-refractivity contribution < 1.29 is 9.50 Å². The highest BCUT2D eigenvalue weighted by atomic mass is 19.1. The molecule has 1 atom stereocenters.